The molecule has 0 saturated heterocycles. The highest BCUT2D eigenvalue weighted by Gasteiger charge is 2.47. The summed E-state index contributed by atoms with van der Waals surface area (Å²) in [5, 5.41) is 14.8. The maximum absolute atomic E-state index is 10.5. The Labute approximate surface area is 104 Å². The molecular formula is C11H17BrN2O2. The molecular weight excluding hydrogens is 272 g/mol. The zero-order valence-electron chi connectivity index (χ0n) is 9.61. The van der Waals surface area contributed by atoms with Gasteiger partial charge in [-0.3, -0.25) is 4.68 Å². The fourth-order valence-electron chi connectivity index (χ4n) is 2.26. The zero-order chi connectivity index (χ0) is 11.8. The van der Waals surface area contributed by atoms with Crippen LogP contribution in [-0.4, -0.2) is 28.1 Å². The molecule has 0 spiro atoms. The van der Waals surface area contributed by atoms with E-state index in [1.807, 2.05) is 4.68 Å². The first-order valence-corrected chi connectivity index (χ1v) is 6.37. The van der Waals surface area contributed by atoms with E-state index in [1.165, 1.54) is 0 Å². The van der Waals surface area contributed by atoms with Crippen LogP contribution >= 0.6 is 15.9 Å². The third kappa shape index (κ3) is 1.92. The van der Waals surface area contributed by atoms with E-state index in [0.717, 1.165) is 23.1 Å². The minimum atomic E-state index is -0.773. The molecule has 1 aromatic heterocycles. The summed E-state index contributed by atoms with van der Waals surface area (Å²) in [6, 6.07) is 0. The van der Waals surface area contributed by atoms with E-state index >= 15 is 0 Å². The minimum absolute atomic E-state index is 0.168. The number of rotatable bonds is 4. The molecule has 0 bridgehead atoms. The summed E-state index contributed by atoms with van der Waals surface area (Å²) < 4.78 is 7.99. The van der Waals surface area contributed by atoms with Crippen molar-refractivity contribution in [1.82, 2.24) is 9.78 Å². The number of aliphatic hydroxyl groups is 1. The van der Waals surface area contributed by atoms with E-state index in [1.54, 1.807) is 13.3 Å². The van der Waals surface area contributed by atoms with Gasteiger partial charge >= 0.3 is 0 Å². The third-order valence-electron chi connectivity index (χ3n) is 3.14. The molecule has 1 fully saturated rings. The summed E-state index contributed by atoms with van der Waals surface area (Å²) in [4.78, 5) is 0. The number of methoxy groups -OCH3 is 1. The molecule has 0 aliphatic heterocycles. The average molecular weight is 289 g/mol. The van der Waals surface area contributed by atoms with Crippen molar-refractivity contribution in [3.8, 4) is 0 Å². The highest BCUT2D eigenvalue weighted by Crippen LogP contribution is 2.45. The lowest BCUT2D eigenvalue weighted by Gasteiger charge is -2.43. The van der Waals surface area contributed by atoms with Gasteiger partial charge < -0.3 is 9.84 Å². The van der Waals surface area contributed by atoms with Crippen LogP contribution in [0, 0.1) is 0 Å². The van der Waals surface area contributed by atoms with E-state index in [-0.39, 0.29) is 6.10 Å². The van der Waals surface area contributed by atoms with Gasteiger partial charge in [0.1, 0.15) is 5.60 Å². The molecule has 90 valence electrons. The Hall–Kier alpha value is -0.390. The van der Waals surface area contributed by atoms with Crippen LogP contribution in [-0.2, 0) is 16.9 Å². The number of hydrogen-bond acceptors (Lipinski definition) is 3. The topological polar surface area (TPSA) is 47.3 Å². The maximum Gasteiger partial charge on any atom is 0.112 e. The van der Waals surface area contributed by atoms with E-state index in [0.29, 0.717) is 12.8 Å². The lowest BCUT2D eigenvalue weighted by molar-refractivity contribution is -0.137. The van der Waals surface area contributed by atoms with E-state index in [9.17, 15) is 5.11 Å². The molecule has 1 aliphatic carbocycles. The van der Waals surface area contributed by atoms with Gasteiger partial charge in [-0.15, -0.1) is 0 Å². The van der Waals surface area contributed by atoms with Gasteiger partial charge in [0.25, 0.3) is 0 Å². The van der Waals surface area contributed by atoms with Crippen molar-refractivity contribution in [2.45, 2.75) is 44.4 Å². The van der Waals surface area contributed by atoms with Crippen LogP contribution in [0.15, 0.2) is 10.7 Å². The number of nitrogens with zero attached hydrogens (tertiary/aromatic N) is 2. The summed E-state index contributed by atoms with van der Waals surface area (Å²) in [7, 11) is 1.68. The van der Waals surface area contributed by atoms with Gasteiger partial charge in [-0.2, -0.15) is 5.10 Å². The summed E-state index contributed by atoms with van der Waals surface area (Å²) >= 11 is 3.46. The monoisotopic (exact) mass is 288 g/mol. The standard InChI is InChI=1S/C11H17BrN2O2/c1-3-4-14-10(9(12)7-13-14)11(15)5-8(6-11)16-2/h7-8,15H,3-6H2,1-2H3. The summed E-state index contributed by atoms with van der Waals surface area (Å²) in [5.41, 5.74) is 0.119. The first-order valence-electron chi connectivity index (χ1n) is 5.57. The van der Waals surface area contributed by atoms with Crippen molar-refractivity contribution in [2.24, 2.45) is 0 Å². The van der Waals surface area contributed by atoms with Crippen LogP contribution in [0.4, 0.5) is 0 Å². The quantitative estimate of drug-likeness (QED) is 0.923. The predicted molar refractivity (Wildman–Crippen MR) is 64.1 cm³/mol. The Bertz CT molecular complexity index is 372. The minimum Gasteiger partial charge on any atom is -0.383 e. The number of hydrogen-bond donors (Lipinski definition) is 1. The Kier molecular flexibility index (Phi) is 3.37. The lowest BCUT2D eigenvalue weighted by atomic mass is 9.75. The molecule has 4 nitrogen and oxygen atoms in total. The molecule has 1 aliphatic rings. The molecule has 0 radical (unpaired) electrons. The number of aromatic nitrogens is 2. The molecule has 1 saturated carbocycles. The van der Waals surface area contributed by atoms with Crippen molar-refractivity contribution in [1.29, 1.82) is 0 Å². The highest BCUT2D eigenvalue weighted by atomic mass is 79.9. The second kappa shape index (κ2) is 4.47. The Morgan fingerprint density at radius 3 is 2.94 bits per heavy atom. The van der Waals surface area contributed by atoms with Gasteiger partial charge in [0.2, 0.25) is 0 Å². The average Bonchev–Trinajstić information content (AvgIpc) is 2.56. The summed E-state index contributed by atoms with van der Waals surface area (Å²) in [5.74, 6) is 0. The summed E-state index contributed by atoms with van der Waals surface area (Å²) in [6.07, 6.45) is 4.23. The lowest BCUT2D eigenvalue weighted by Crippen LogP contribution is -2.47. The summed E-state index contributed by atoms with van der Waals surface area (Å²) in [6.45, 7) is 2.93. The highest BCUT2D eigenvalue weighted by molar-refractivity contribution is 9.10. The molecule has 5 heteroatoms. The second-order valence-corrected chi connectivity index (χ2v) is 5.22. The van der Waals surface area contributed by atoms with Gasteiger partial charge in [-0.1, -0.05) is 6.92 Å². The van der Waals surface area contributed by atoms with E-state index in [2.05, 4.69) is 28.0 Å². The first kappa shape index (κ1) is 12.1. The van der Waals surface area contributed by atoms with Crippen LogP contribution < -0.4 is 0 Å². The van der Waals surface area contributed by atoms with Gasteiger partial charge in [0.05, 0.1) is 22.5 Å². The van der Waals surface area contributed by atoms with Gasteiger partial charge in [-0.05, 0) is 22.4 Å². The Morgan fingerprint density at radius 1 is 1.69 bits per heavy atom. The Morgan fingerprint density at radius 2 is 2.38 bits per heavy atom. The molecule has 0 atom stereocenters. The normalized spacial score (nSPS) is 29.1. The Balaban J connectivity index is 2.23. The molecule has 1 heterocycles. The molecule has 1 N–H and O–H groups in total. The van der Waals surface area contributed by atoms with Crippen molar-refractivity contribution in [3.63, 3.8) is 0 Å². The fraction of sp³-hybridized carbons (Fsp3) is 0.727. The maximum atomic E-state index is 10.5. The molecule has 0 aromatic carbocycles. The van der Waals surface area contributed by atoms with Gasteiger partial charge in [0, 0.05) is 26.5 Å². The number of aryl methyl sites for hydroxylation is 1. The molecule has 1 aromatic rings. The fourth-order valence-corrected chi connectivity index (χ4v) is 2.93. The van der Waals surface area contributed by atoms with E-state index in [4.69, 9.17) is 4.74 Å². The molecule has 0 amide bonds. The number of ether oxygens (including phenoxy) is 1. The predicted octanol–water partition coefficient (Wildman–Crippen LogP) is 2.05. The first-order chi connectivity index (χ1) is 7.60. The van der Waals surface area contributed by atoms with Crippen LogP contribution in [0.25, 0.3) is 0 Å². The molecule has 0 unspecified atom stereocenters. The van der Waals surface area contributed by atoms with Crippen molar-refractivity contribution in [3.05, 3.63) is 16.4 Å². The van der Waals surface area contributed by atoms with Crippen LogP contribution in [0.2, 0.25) is 0 Å². The third-order valence-corrected chi connectivity index (χ3v) is 3.72. The van der Waals surface area contributed by atoms with Crippen molar-refractivity contribution in [2.75, 3.05) is 7.11 Å². The smallest absolute Gasteiger partial charge is 0.112 e. The van der Waals surface area contributed by atoms with Gasteiger partial charge in [0.15, 0.2) is 0 Å². The van der Waals surface area contributed by atoms with Crippen LogP contribution in [0.3, 0.4) is 0 Å². The van der Waals surface area contributed by atoms with Gasteiger partial charge in [-0.25, -0.2) is 0 Å². The van der Waals surface area contributed by atoms with Crippen LogP contribution in [0.1, 0.15) is 31.9 Å². The zero-order valence-corrected chi connectivity index (χ0v) is 11.2. The molecule has 16 heavy (non-hydrogen) atoms. The number of halogens is 1. The van der Waals surface area contributed by atoms with E-state index < -0.39 is 5.60 Å². The molecule has 2 rings (SSSR count). The van der Waals surface area contributed by atoms with Crippen LogP contribution in [0.5, 0.6) is 0 Å². The largest absolute Gasteiger partial charge is 0.383 e. The van der Waals surface area contributed by atoms with Crippen molar-refractivity contribution < 1.29 is 9.84 Å². The van der Waals surface area contributed by atoms with Crippen molar-refractivity contribution >= 4 is 15.9 Å². The second-order valence-electron chi connectivity index (χ2n) is 4.36. The SMILES string of the molecule is CCCn1ncc(Br)c1C1(O)CC(OC)C1.